The highest BCUT2D eigenvalue weighted by molar-refractivity contribution is 6.31. The molecule has 2 atom stereocenters. The zero-order valence-electron chi connectivity index (χ0n) is 10.6. The number of hydrogen-bond donors (Lipinski definition) is 2. The summed E-state index contributed by atoms with van der Waals surface area (Å²) in [5, 5.41) is 4.98. The minimum Gasteiger partial charge on any atom is -0.368 e. The minimum atomic E-state index is -1.04. The van der Waals surface area contributed by atoms with Gasteiger partial charge in [0.25, 0.3) is 0 Å². The van der Waals surface area contributed by atoms with E-state index in [0.29, 0.717) is 11.4 Å². The quantitative estimate of drug-likeness (QED) is 0.854. The van der Waals surface area contributed by atoms with Gasteiger partial charge in [-0.05, 0) is 34.1 Å². The summed E-state index contributed by atoms with van der Waals surface area (Å²) in [6.45, 7) is 7.29. The highest BCUT2D eigenvalue weighted by Gasteiger charge is 2.29. The first-order valence-electron chi connectivity index (χ1n) is 5.47. The summed E-state index contributed by atoms with van der Waals surface area (Å²) in [5.74, 6) is -0.517. The fourth-order valence-corrected chi connectivity index (χ4v) is 2.00. The lowest BCUT2D eigenvalue weighted by molar-refractivity contribution is -0.123. The molecule has 6 heteroatoms. The number of hydrogen-bond acceptors (Lipinski definition) is 3. The average Bonchev–Trinajstić information content (AvgIpc) is 2.45. The first kappa shape index (κ1) is 14.0. The van der Waals surface area contributed by atoms with E-state index in [4.69, 9.17) is 23.1 Å². The number of carbonyl (C=O) groups excluding carboxylic acids is 1. The van der Waals surface area contributed by atoms with Crippen LogP contribution < -0.4 is 11.5 Å². The maximum atomic E-state index is 11.2. The van der Waals surface area contributed by atoms with Gasteiger partial charge in [-0.25, -0.2) is 0 Å². The molecular formula is C11H19ClN4O. The fraction of sp³-hybridized carbons (Fsp3) is 0.636. The number of primary amides is 1. The van der Waals surface area contributed by atoms with Crippen molar-refractivity contribution < 1.29 is 4.79 Å². The highest BCUT2D eigenvalue weighted by Crippen LogP contribution is 2.25. The number of amides is 1. The minimum absolute atomic E-state index is 0.0382. The molecule has 96 valence electrons. The van der Waals surface area contributed by atoms with E-state index in [1.165, 1.54) is 0 Å². The van der Waals surface area contributed by atoms with E-state index >= 15 is 0 Å². The van der Waals surface area contributed by atoms with Crippen molar-refractivity contribution in [3.63, 3.8) is 0 Å². The summed E-state index contributed by atoms with van der Waals surface area (Å²) in [4.78, 5) is 11.2. The van der Waals surface area contributed by atoms with Gasteiger partial charge in [-0.2, -0.15) is 5.10 Å². The number of carbonyl (C=O) groups is 1. The van der Waals surface area contributed by atoms with Crippen LogP contribution in [-0.4, -0.2) is 21.2 Å². The number of rotatable bonds is 4. The molecule has 0 saturated heterocycles. The van der Waals surface area contributed by atoms with Crippen LogP contribution in [0, 0.1) is 13.8 Å². The Labute approximate surface area is 106 Å². The molecule has 17 heavy (non-hydrogen) atoms. The first-order chi connectivity index (χ1) is 7.66. The zero-order valence-corrected chi connectivity index (χ0v) is 11.4. The van der Waals surface area contributed by atoms with Crippen LogP contribution in [0.15, 0.2) is 0 Å². The van der Waals surface area contributed by atoms with E-state index in [1.54, 1.807) is 11.6 Å². The third kappa shape index (κ3) is 2.79. The Bertz CT molecular complexity index is 439. The molecule has 5 nitrogen and oxygen atoms in total. The van der Waals surface area contributed by atoms with Crippen molar-refractivity contribution in [3.8, 4) is 0 Å². The lowest BCUT2D eigenvalue weighted by atomic mass is 9.94. The first-order valence-corrected chi connectivity index (χ1v) is 5.84. The fourth-order valence-electron chi connectivity index (χ4n) is 1.87. The lowest BCUT2D eigenvalue weighted by Gasteiger charge is -2.25. The Morgan fingerprint density at radius 3 is 2.47 bits per heavy atom. The van der Waals surface area contributed by atoms with E-state index in [2.05, 4.69) is 5.10 Å². The van der Waals surface area contributed by atoms with Crippen LogP contribution in [0.25, 0.3) is 0 Å². The average molecular weight is 259 g/mol. The Kier molecular flexibility index (Phi) is 3.84. The molecule has 2 unspecified atom stereocenters. The van der Waals surface area contributed by atoms with Gasteiger partial charge in [0.15, 0.2) is 0 Å². The smallest absolute Gasteiger partial charge is 0.237 e. The van der Waals surface area contributed by atoms with Crippen molar-refractivity contribution in [3.05, 3.63) is 16.4 Å². The third-order valence-corrected chi connectivity index (χ3v) is 3.48. The monoisotopic (exact) mass is 258 g/mol. The molecule has 1 amide bonds. The van der Waals surface area contributed by atoms with Gasteiger partial charge in [-0.3, -0.25) is 9.48 Å². The second-order valence-electron chi connectivity index (χ2n) is 4.76. The Balaban J connectivity index is 2.94. The van der Waals surface area contributed by atoms with Crippen molar-refractivity contribution in [1.29, 1.82) is 0 Å². The normalized spacial score (nSPS) is 16.6. The van der Waals surface area contributed by atoms with Gasteiger partial charge >= 0.3 is 0 Å². The molecule has 0 aliphatic carbocycles. The van der Waals surface area contributed by atoms with E-state index < -0.39 is 11.4 Å². The number of aryl methyl sites for hydroxylation is 1. The molecule has 0 fully saturated rings. The molecule has 0 radical (unpaired) electrons. The Morgan fingerprint density at radius 2 is 2.12 bits per heavy atom. The predicted molar refractivity (Wildman–Crippen MR) is 67.8 cm³/mol. The molecule has 0 bridgehead atoms. The van der Waals surface area contributed by atoms with E-state index in [9.17, 15) is 4.79 Å². The molecule has 0 spiro atoms. The van der Waals surface area contributed by atoms with Gasteiger partial charge in [-0.1, -0.05) is 11.6 Å². The SMILES string of the molecule is Cc1nn(C(C)CC(C)(N)C(N)=O)c(C)c1Cl. The van der Waals surface area contributed by atoms with Crippen LogP contribution >= 0.6 is 11.6 Å². The van der Waals surface area contributed by atoms with Crippen molar-refractivity contribution in [1.82, 2.24) is 9.78 Å². The molecule has 0 aliphatic rings. The molecule has 0 saturated carbocycles. The van der Waals surface area contributed by atoms with Crippen molar-refractivity contribution in [2.75, 3.05) is 0 Å². The van der Waals surface area contributed by atoms with Gasteiger partial charge in [-0.15, -0.1) is 0 Å². The van der Waals surface area contributed by atoms with Crippen molar-refractivity contribution >= 4 is 17.5 Å². The third-order valence-electron chi connectivity index (χ3n) is 2.94. The summed E-state index contributed by atoms with van der Waals surface area (Å²) in [7, 11) is 0. The van der Waals surface area contributed by atoms with E-state index in [-0.39, 0.29) is 6.04 Å². The van der Waals surface area contributed by atoms with Crippen LogP contribution in [0.4, 0.5) is 0 Å². The second kappa shape index (κ2) is 4.66. The topological polar surface area (TPSA) is 86.9 Å². The number of nitrogens with zero attached hydrogens (tertiary/aromatic N) is 2. The molecular weight excluding hydrogens is 240 g/mol. The summed E-state index contributed by atoms with van der Waals surface area (Å²) in [6.07, 6.45) is 0.417. The van der Waals surface area contributed by atoms with Gasteiger partial charge in [0.2, 0.25) is 5.91 Å². The predicted octanol–water partition coefficient (Wildman–Crippen LogP) is 1.31. The summed E-state index contributed by atoms with van der Waals surface area (Å²) in [5.41, 5.74) is 11.7. The standard InChI is InChI=1S/C11H19ClN4O/c1-6(5-11(4,14)10(13)17)16-8(3)9(12)7(2)15-16/h6H,5,14H2,1-4H3,(H2,13,17). The van der Waals surface area contributed by atoms with Crippen LogP contribution in [0.5, 0.6) is 0 Å². The maximum Gasteiger partial charge on any atom is 0.237 e. The van der Waals surface area contributed by atoms with Crippen LogP contribution in [0.3, 0.4) is 0 Å². The Hall–Kier alpha value is -1.07. The lowest BCUT2D eigenvalue weighted by Crippen LogP contribution is -2.50. The highest BCUT2D eigenvalue weighted by atomic mass is 35.5. The van der Waals surface area contributed by atoms with Gasteiger partial charge in [0.1, 0.15) is 0 Å². The van der Waals surface area contributed by atoms with Crippen LogP contribution in [-0.2, 0) is 4.79 Å². The van der Waals surface area contributed by atoms with Crippen LogP contribution in [0.2, 0.25) is 5.02 Å². The second-order valence-corrected chi connectivity index (χ2v) is 5.14. The molecule has 1 aromatic rings. The molecule has 1 heterocycles. The summed E-state index contributed by atoms with van der Waals surface area (Å²) >= 11 is 6.07. The van der Waals surface area contributed by atoms with Crippen LogP contribution in [0.1, 0.15) is 37.7 Å². The summed E-state index contributed by atoms with van der Waals surface area (Å²) < 4.78 is 1.78. The van der Waals surface area contributed by atoms with Gasteiger partial charge in [0, 0.05) is 0 Å². The molecule has 4 N–H and O–H groups in total. The number of nitrogens with two attached hydrogens (primary N) is 2. The number of aromatic nitrogens is 2. The Morgan fingerprint density at radius 1 is 1.59 bits per heavy atom. The van der Waals surface area contributed by atoms with Crippen molar-refractivity contribution in [2.45, 2.75) is 45.7 Å². The molecule has 1 rings (SSSR count). The molecule has 0 aromatic carbocycles. The van der Waals surface area contributed by atoms with Crippen molar-refractivity contribution in [2.24, 2.45) is 11.5 Å². The van der Waals surface area contributed by atoms with E-state index in [0.717, 1.165) is 11.4 Å². The van der Waals surface area contributed by atoms with E-state index in [1.807, 2.05) is 20.8 Å². The summed E-state index contributed by atoms with van der Waals surface area (Å²) in [6, 6.07) is -0.0382. The molecule has 1 aromatic heterocycles. The largest absolute Gasteiger partial charge is 0.368 e. The van der Waals surface area contributed by atoms with Gasteiger partial charge < -0.3 is 11.5 Å². The zero-order chi connectivity index (χ0) is 13.4. The number of halogens is 1. The maximum absolute atomic E-state index is 11.2. The molecule has 0 aliphatic heterocycles. The van der Waals surface area contributed by atoms with Gasteiger partial charge in [0.05, 0.1) is 28.0 Å².